The summed E-state index contributed by atoms with van der Waals surface area (Å²) < 4.78 is 63.3. The van der Waals surface area contributed by atoms with E-state index in [0.29, 0.717) is 5.75 Å². The summed E-state index contributed by atoms with van der Waals surface area (Å²) in [5, 5.41) is -0.319. The fourth-order valence-corrected chi connectivity index (χ4v) is 7.36. The number of carbonyl (C=O) groups is 1. The predicted molar refractivity (Wildman–Crippen MR) is 155 cm³/mol. The number of thioether (sulfide) groups is 1. The largest absolute Gasteiger partial charge is 0.444 e. The lowest BCUT2D eigenvalue weighted by molar-refractivity contribution is -0.137. The molecule has 2 aliphatic rings. The number of nitrogens with zero attached hydrogens (tertiary/aromatic N) is 4. The molecule has 7 nitrogen and oxygen atoms in total. The zero-order valence-electron chi connectivity index (χ0n) is 23.8. The highest BCUT2D eigenvalue weighted by Crippen LogP contribution is 2.47. The van der Waals surface area contributed by atoms with Gasteiger partial charge in [0.2, 0.25) is 0 Å². The van der Waals surface area contributed by atoms with Crippen molar-refractivity contribution in [3.05, 3.63) is 62.8 Å². The van der Waals surface area contributed by atoms with Crippen LogP contribution in [0.5, 0.6) is 0 Å². The zero-order valence-corrected chi connectivity index (χ0v) is 25.3. The van der Waals surface area contributed by atoms with Crippen LogP contribution >= 0.6 is 23.4 Å². The Kier molecular flexibility index (Phi) is 7.93. The smallest absolute Gasteiger partial charge is 0.417 e. The number of amides is 1. The highest BCUT2D eigenvalue weighted by molar-refractivity contribution is 7.99. The second-order valence-corrected chi connectivity index (χ2v) is 13.2. The molecule has 3 heterocycles. The number of piperazine rings is 1. The van der Waals surface area contributed by atoms with Crippen LogP contribution in [0.4, 0.5) is 28.2 Å². The minimum Gasteiger partial charge on any atom is -0.444 e. The first-order valence-electron chi connectivity index (χ1n) is 13.5. The van der Waals surface area contributed by atoms with E-state index in [1.165, 1.54) is 16.7 Å². The molecule has 0 saturated carbocycles. The maximum atomic E-state index is 14.3. The lowest BCUT2D eigenvalue weighted by atomic mass is 10.0. The molecule has 5 rings (SSSR count). The molecule has 3 aromatic rings. The first kappa shape index (κ1) is 30.5. The van der Waals surface area contributed by atoms with Crippen molar-refractivity contribution in [2.24, 2.45) is 0 Å². The molecule has 13 heteroatoms. The van der Waals surface area contributed by atoms with Crippen LogP contribution in [0.2, 0.25) is 5.02 Å². The van der Waals surface area contributed by atoms with Gasteiger partial charge in [0.1, 0.15) is 17.2 Å². The molecular weight excluding hydrogens is 596 g/mol. The number of ether oxygens (including phenoxy) is 1. The van der Waals surface area contributed by atoms with E-state index >= 15 is 0 Å². The Balaban J connectivity index is 1.63. The molecule has 0 radical (unpaired) electrons. The van der Waals surface area contributed by atoms with Crippen LogP contribution in [0.1, 0.15) is 51.7 Å². The number of benzene rings is 2. The van der Waals surface area contributed by atoms with Gasteiger partial charge < -0.3 is 9.64 Å². The number of rotatable bonds is 2. The standard InChI is InChI=1S/C29H31ClF4N4O3S/c1-15-11-36(12-16(2)38(15)27(40)41-28(3,4)5)25-20-10-21(29(32,33)34)22(30)24-23(20)37(26(39)35-25)13-18(14-42-24)17-6-8-19(31)9-7-17/h6-10,15-16,18H,11-14H2,1-5H3/t15-,16+,18-/m1/s1. The minimum atomic E-state index is -4.75. The van der Waals surface area contributed by atoms with Crippen molar-refractivity contribution >= 4 is 46.2 Å². The highest BCUT2D eigenvalue weighted by atomic mass is 35.5. The quantitative estimate of drug-likeness (QED) is 0.287. The van der Waals surface area contributed by atoms with E-state index in [1.807, 2.05) is 13.8 Å². The Morgan fingerprint density at radius 3 is 2.26 bits per heavy atom. The van der Waals surface area contributed by atoms with Crippen LogP contribution in [0.25, 0.3) is 10.9 Å². The Labute approximate surface area is 249 Å². The van der Waals surface area contributed by atoms with Crippen LogP contribution in [0, 0.1) is 5.82 Å². The minimum absolute atomic E-state index is 0.109. The molecular formula is C29H31ClF4N4O3S. The summed E-state index contributed by atoms with van der Waals surface area (Å²) in [6, 6.07) is 6.03. The summed E-state index contributed by atoms with van der Waals surface area (Å²) in [5.74, 6) is -0.291. The first-order chi connectivity index (χ1) is 19.5. The summed E-state index contributed by atoms with van der Waals surface area (Å²) in [5.41, 5.74) is -1.31. The van der Waals surface area contributed by atoms with Crippen molar-refractivity contribution in [1.29, 1.82) is 0 Å². The third-order valence-corrected chi connectivity index (χ3v) is 9.20. The Morgan fingerprint density at radius 2 is 1.69 bits per heavy atom. The highest BCUT2D eigenvalue weighted by Gasteiger charge is 2.40. The summed E-state index contributed by atoms with van der Waals surface area (Å²) in [6.45, 7) is 9.53. The molecule has 2 aliphatic heterocycles. The fraction of sp³-hybridized carbons (Fsp3) is 0.483. The van der Waals surface area contributed by atoms with Crippen LogP contribution in [-0.4, -0.2) is 57.1 Å². The van der Waals surface area contributed by atoms with E-state index in [1.54, 1.807) is 42.7 Å². The summed E-state index contributed by atoms with van der Waals surface area (Å²) in [7, 11) is 0. The van der Waals surface area contributed by atoms with Gasteiger partial charge in [0.05, 0.1) is 33.1 Å². The van der Waals surface area contributed by atoms with Gasteiger partial charge in [0.25, 0.3) is 0 Å². The first-order valence-corrected chi connectivity index (χ1v) is 14.9. The van der Waals surface area contributed by atoms with Crippen molar-refractivity contribution in [3.63, 3.8) is 0 Å². The van der Waals surface area contributed by atoms with Gasteiger partial charge in [-0.3, -0.25) is 9.47 Å². The lowest BCUT2D eigenvalue weighted by Crippen LogP contribution is -2.59. The van der Waals surface area contributed by atoms with Gasteiger partial charge in [0.15, 0.2) is 0 Å². The zero-order chi connectivity index (χ0) is 30.7. The van der Waals surface area contributed by atoms with Gasteiger partial charge in [-0.05, 0) is 58.4 Å². The molecule has 1 aromatic heterocycles. The van der Waals surface area contributed by atoms with E-state index in [2.05, 4.69) is 4.98 Å². The molecule has 0 bridgehead atoms. The number of anilines is 1. The third-order valence-electron chi connectivity index (χ3n) is 7.44. The molecule has 0 spiro atoms. The number of aromatic nitrogens is 2. The van der Waals surface area contributed by atoms with Crippen molar-refractivity contribution in [1.82, 2.24) is 14.5 Å². The van der Waals surface area contributed by atoms with Crippen molar-refractivity contribution in [3.8, 4) is 0 Å². The average Bonchev–Trinajstić information content (AvgIpc) is 3.07. The topological polar surface area (TPSA) is 67.7 Å². The molecule has 0 unspecified atom stereocenters. The van der Waals surface area contributed by atoms with Gasteiger partial charge in [0, 0.05) is 36.7 Å². The van der Waals surface area contributed by atoms with E-state index in [-0.39, 0.29) is 59.3 Å². The van der Waals surface area contributed by atoms with Crippen LogP contribution in [0.15, 0.2) is 40.0 Å². The number of carbonyl (C=O) groups excluding carboxylic acids is 1. The number of hydrogen-bond donors (Lipinski definition) is 0. The van der Waals surface area contributed by atoms with E-state index < -0.39 is 40.0 Å². The third kappa shape index (κ3) is 5.79. The molecule has 1 fully saturated rings. The van der Waals surface area contributed by atoms with E-state index in [9.17, 15) is 27.2 Å². The van der Waals surface area contributed by atoms with Crippen LogP contribution in [0.3, 0.4) is 0 Å². The Morgan fingerprint density at radius 1 is 1.07 bits per heavy atom. The Bertz CT molecular complexity index is 1580. The predicted octanol–water partition coefficient (Wildman–Crippen LogP) is 6.93. The SMILES string of the molecule is C[C@@H]1CN(c2nc(=O)n3c4c(c(Cl)c(C(F)(F)F)cc24)SC[C@H](c2ccc(F)cc2)C3)C[C@H](C)N1C(=O)OC(C)(C)C. The van der Waals surface area contributed by atoms with Crippen LogP contribution < -0.4 is 10.6 Å². The van der Waals surface area contributed by atoms with Gasteiger partial charge in [-0.25, -0.2) is 14.0 Å². The molecule has 1 saturated heterocycles. The molecule has 1 amide bonds. The summed E-state index contributed by atoms with van der Waals surface area (Å²) in [6.07, 6.45) is -5.24. The number of halogens is 5. The van der Waals surface area contributed by atoms with Gasteiger partial charge in [-0.1, -0.05) is 23.7 Å². The second kappa shape index (κ2) is 10.9. The van der Waals surface area contributed by atoms with Crippen molar-refractivity contribution < 1.29 is 27.1 Å². The normalized spacial score (nSPS) is 21.4. The monoisotopic (exact) mass is 626 g/mol. The average molecular weight is 627 g/mol. The molecule has 0 N–H and O–H groups in total. The lowest BCUT2D eigenvalue weighted by Gasteiger charge is -2.45. The summed E-state index contributed by atoms with van der Waals surface area (Å²) in [4.78, 5) is 34.4. The number of hydrogen-bond acceptors (Lipinski definition) is 6. The van der Waals surface area contributed by atoms with Gasteiger partial charge >= 0.3 is 18.0 Å². The second-order valence-electron chi connectivity index (χ2n) is 11.8. The van der Waals surface area contributed by atoms with Gasteiger partial charge in [-0.15, -0.1) is 11.8 Å². The van der Waals surface area contributed by atoms with Crippen molar-refractivity contribution in [2.45, 2.75) is 75.8 Å². The molecule has 226 valence electrons. The van der Waals surface area contributed by atoms with E-state index in [4.69, 9.17) is 16.3 Å². The molecule has 2 aromatic carbocycles. The van der Waals surface area contributed by atoms with Crippen molar-refractivity contribution in [2.75, 3.05) is 23.7 Å². The van der Waals surface area contributed by atoms with Crippen LogP contribution in [-0.2, 0) is 17.5 Å². The maximum absolute atomic E-state index is 14.3. The molecule has 42 heavy (non-hydrogen) atoms. The molecule has 3 atom stereocenters. The summed E-state index contributed by atoms with van der Waals surface area (Å²) >= 11 is 7.55. The van der Waals surface area contributed by atoms with E-state index in [0.717, 1.165) is 23.4 Å². The van der Waals surface area contributed by atoms with Gasteiger partial charge in [-0.2, -0.15) is 18.2 Å². The maximum Gasteiger partial charge on any atom is 0.417 e. The number of alkyl halides is 3. The molecule has 0 aliphatic carbocycles. The fourth-order valence-electron chi connectivity index (χ4n) is 5.68. The Hall–Kier alpha value is -2.99.